The molecular weight excluding hydrogens is 258 g/mol. The van der Waals surface area contributed by atoms with Gasteiger partial charge in [-0.15, -0.1) is 0 Å². The predicted molar refractivity (Wildman–Crippen MR) is 88.5 cm³/mol. The van der Waals surface area contributed by atoms with Gasteiger partial charge in [0.25, 0.3) is 0 Å². The second-order valence-corrected chi connectivity index (χ2v) is 5.40. The standard InChI is InChI=1S/C19H25NO/c1-3-5-9-17(8-4-2)21-19-11-7-6-10-18(19)16-12-14-20-15-13-16/h6-7,10-15,17H,3-5,8-9H2,1-2H3. The zero-order chi connectivity index (χ0) is 14.9. The molecule has 0 N–H and O–H groups in total. The van der Waals surface area contributed by atoms with E-state index in [1.54, 1.807) is 0 Å². The van der Waals surface area contributed by atoms with E-state index in [0.717, 1.165) is 36.1 Å². The van der Waals surface area contributed by atoms with Gasteiger partial charge in [-0.2, -0.15) is 0 Å². The highest BCUT2D eigenvalue weighted by atomic mass is 16.5. The molecule has 2 aromatic rings. The Labute approximate surface area is 128 Å². The Kier molecular flexibility index (Phi) is 6.26. The van der Waals surface area contributed by atoms with E-state index >= 15 is 0 Å². The molecule has 0 aliphatic heterocycles. The van der Waals surface area contributed by atoms with Crippen LogP contribution in [0, 0.1) is 0 Å². The fourth-order valence-corrected chi connectivity index (χ4v) is 2.53. The first-order valence-corrected chi connectivity index (χ1v) is 8.01. The molecule has 1 aromatic heterocycles. The second-order valence-electron chi connectivity index (χ2n) is 5.40. The number of hydrogen-bond donors (Lipinski definition) is 0. The number of unbranched alkanes of at least 4 members (excludes halogenated alkanes) is 1. The number of benzene rings is 1. The minimum Gasteiger partial charge on any atom is -0.490 e. The fourth-order valence-electron chi connectivity index (χ4n) is 2.53. The minimum atomic E-state index is 0.318. The Bertz CT molecular complexity index is 524. The fraction of sp³-hybridized carbons (Fsp3) is 0.421. The van der Waals surface area contributed by atoms with Gasteiger partial charge in [0.05, 0.1) is 6.10 Å². The Morgan fingerprint density at radius 2 is 1.71 bits per heavy atom. The third kappa shape index (κ3) is 4.59. The van der Waals surface area contributed by atoms with E-state index in [9.17, 15) is 0 Å². The Balaban J connectivity index is 2.19. The molecule has 1 heterocycles. The maximum absolute atomic E-state index is 6.32. The van der Waals surface area contributed by atoms with Crippen LogP contribution in [0.4, 0.5) is 0 Å². The van der Waals surface area contributed by atoms with Gasteiger partial charge in [-0.05, 0) is 36.6 Å². The molecule has 21 heavy (non-hydrogen) atoms. The highest BCUT2D eigenvalue weighted by Gasteiger charge is 2.12. The highest BCUT2D eigenvalue weighted by molar-refractivity contribution is 5.69. The molecule has 0 saturated carbocycles. The van der Waals surface area contributed by atoms with Crippen molar-refractivity contribution in [2.75, 3.05) is 0 Å². The predicted octanol–water partition coefficient (Wildman–Crippen LogP) is 5.49. The van der Waals surface area contributed by atoms with Crippen LogP contribution in [0.5, 0.6) is 5.75 Å². The molecule has 0 aliphatic carbocycles. The largest absolute Gasteiger partial charge is 0.490 e. The normalized spacial score (nSPS) is 12.1. The topological polar surface area (TPSA) is 22.1 Å². The Morgan fingerprint density at radius 1 is 0.952 bits per heavy atom. The van der Waals surface area contributed by atoms with Crippen LogP contribution in [-0.2, 0) is 0 Å². The van der Waals surface area contributed by atoms with Crippen molar-refractivity contribution >= 4 is 0 Å². The van der Waals surface area contributed by atoms with Crippen LogP contribution in [0.3, 0.4) is 0 Å². The van der Waals surface area contributed by atoms with E-state index in [-0.39, 0.29) is 0 Å². The van der Waals surface area contributed by atoms with Crippen molar-refractivity contribution in [3.8, 4) is 16.9 Å². The lowest BCUT2D eigenvalue weighted by molar-refractivity contribution is 0.177. The van der Waals surface area contributed by atoms with Crippen LogP contribution in [0.1, 0.15) is 46.0 Å². The van der Waals surface area contributed by atoms with Crippen LogP contribution < -0.4 is 4.74 Å². The highest BCUT2D eigenvalue weighted by Crippen LogP contribution is 2.31. The van der Waals surface area contributed by atoms with Gasteiger partial charge in [-0.25, -0.2) is 0 Å². The molecule has 1 atom stereocenters. The van der Waals surface area contributed by atoms with E-state index in [4.69, 9.17) is 4.74 Å². The Hall–Kier alpha value is -1.83. The first kappa shape index (κ1) is 15.6. The summed E-state index contributed by atoms with van der Waals surface area (Å²) in [4.78, 5) is 4.09. The molecule has 0 saturated heterocycles. The maximum atomic E-state index is 6.32. The van der Waals surface area contributed by atoms with Crippen molar-refractivity contribution in [3.63, 3.8) is 0 Å². The summed E-state index contributed by atoms with van der Waals surface area (Å²) in [6.45, 7) is 4.45. The maximum Gasteiger partial charge on any atom is 0.127 e. The van der Waals surface area contributed by atoms with Gasteiger partial charge >= 0.3 is 0 Å². The molecule has 0 amide bonds. The van der Waals surface area contributed by atoms with Crippen molar-refractivity contribution in [1.82, 2.24) is 4.98 Å². The van der Waals surface area contributed by atoms with Gasteiger partial charge in [-0.1, -0.05) is 51.3 Å². The molecular formula is C19H25NO. The van der Waals surface area contributed by atoms with Crippen molar-refractivity contribution < 1.29 is 4.74 Å². The molecule has 0 aliphatic rings. The van der Waals surface area contributed by atoms with E-state index < -0.39 is 0 Å². The van der Waals surface area contributed by atoms with Crippen LogP contribution >= 0.6 is 0 Å². The number of hydrogen-bond acceptors (Lipinski definition) is 2. The first-order valence-electron chi connectivity index (χ1n) is 8.01. The zero-order valence-corrected chi connectivity index (χ0v) is 13.1. The molecule has 112 valence electrons. The Morgan fingerprint density at radius 3 is 2.43 bits per heavy atom. The molecule has 1 aromatic carbocycles. The smallest absolute Gasteiger partial charge is 0.127 e. The monoisotopic (exact) mass is 283 g/mol. The number of para-hydroxylation sites is 1. The van der Waals surface area contributed by atoms with Gasteiger partial charge in [0.2, 0.25) is 0 Å². The summed E-state index contributed by atoms with van der Waals surface area (Å²) in [7, 11) is 0. The summed E-state index contributed by atoms with van der Waals surface area (Å²) in [5, 5.41) is 0. The van der Waals surface area contributed by atoms with E-state index in [1.165, 1.54) is 12.8 Å². The van der Waals surface area contributed by atoms with Gasteiger partial charge in [0.15, 0.2) is 0 Å². The van der Waals surface area contributed by atoms with Crippen LogP contribution in [0.25, 0.3) is 11.1 Å². The van der Waals surface area contributed by atoms with E-state index in [2.05, 4.69) is 37.0 Å². The summed E-state index contributed by atoms with van der Waals surface area (Å²) in [6, 6.07) is 12.4. The average molecular weight is 283 g/mol. The number of rotatable bonds is 8. The molecule has 1 unspecified atom stereocenters. The number of ether oxygens (including phenoxy) is 1. The SMILES string of the molecule is CCCCC(CCC)Oc1ccccc1-c1ccncc1. The van der Waals surface area contributed by atoms with Crippen molar-refractivity contribution in [3.05, 3.63) is 48.8 Å². The second kappa shape index (κ2) is 8.46. The quantitative estimate of drug-likeness (QED) is 0.639. The van der Waals surface area contributed by atoms with Crippen LogP contribution in [0.15, 0.2) is 48.8 Å². The third-order valence-electron chi connectivity index (χ3n) is 3.66. The molecule has 2 heteroatoms. The summed E-state index contributed by atoms with van der Waals surface area (Å²) < 4.78 is 6.32. The van der Waals surface area contributed by atoms with Crippen molar-refractivity contribution in [1.29, 1.82) is 0 Å². The van der Waals surface area contributed by atoms with Crippen molar-refractivity contribution in [2.24, 2.45) is 0 Å². The average Bonchev–Trinajstić information content (AvgIpc) is 2.54. The lowest BCUT2D eigenvalue weighted by Crippen LogP contribution is -2.16. The number of aromatic nitrogens is 1. The van der Waals surface area contributed by atoms with Gasteiger partial charge in [0, 0.05) is 18.0 Å². The summed E-state index contributed by atoms with van der Waals surface area (Å²) >= 11 is 0. The lowest BCUT2D eigenvalue weighted by atomic mass is 10.0. The lowest BCUT2D eigenvalue weighted by Gasteiger charge is -2.20. The van der Waals surface area contributed by atoms with E-state index in [0.29, 0.717) is 6.10 Å². The summed E-state index contributed by atoms with van der Waals surface area (Å²) in [5.41, 5.74) is 2.31. The van der Waals surface area contributed by atoms with Crippen molar-refractivity contribution in [2.45, 2.75) is 52.1 Å². The third-order valence-corrected chi connectivity index (χ3v) is 3.66. The van der Waals surface area contributed by atoms with Crippen LogP contribution in [0.2, 0.25) is 0 Å². The molecule has 0 bridgehead atoms. The van der Waals surface area contributed by atoms with E-state index in [1.807, 2.05) is 30.6 Å². The number of nitrogens with zero attached hydrogens (tertiary/aromatic N) is 1. The molecule has 2 rings (SSSR count). The molecule has 0 spiro atoms. The summed E-state index contributed by atoms with van der Waals surface area (Å²) in [6.07, 6.45) is 9.82. The number of pyridine rings is 1. The minimum absolute atomic E-state index is 0.318. The molecule has 0 fully saturated rings. The van der Waals surface area contributed by atoms with Gasteiger partial charge < -0.3 is 4.74 Å². The van der Waals surface area contributed by atoms with Crippen LogP contribution in [-0.4, -0.2) is 11.1 Å². The zero-order valence-electron chi connectivity index (χ0n) is 13.1. The molecule has 2 nitrogen and oxygen atoms in total. The summed E-state index contributed by atoms with van der Waals surface area (Å²) in [5.74, 6) is 0.984. The van der Waals surface area contributed by atoms with Gasteiger partial charge in [0.1, 0.15) is 5.75 Å². The first-order chi connectivity index (χ1) is 10.3. The van der Waals surface area contributed by atoms with Gasteiger partial charge in [-0.3, -0.25) is 4.98 Å². The molecule has 0 radical (unpaired) electrons.